The van der Waals surface area contributed by atoms with E-state index in [0.29, 0.717) is 6.54 Å². The number of anilines is 2. The molecule has 0 amide bonds. The van der Waals surface area contributed by atoms with Crippen LogP contribution in [0.4, 0.5) is 11.6 Å². The van der Waals surface area contributed by atoms with Crippen molar-refractivity contribution in [1.29, 1.82) is 0 Å². The van der Waals surface area contributed by atoms with Crippen LogP contribution in [0, 0.1) is 0 Å². The van der Waals surface area contributed by atoms with E-state index in [9.17, 15) is 0 Å². The number of hydrogen-bond acceptors (Lipinski definition) is 5. The van der Waals surface area contributed by atoms with Gasteiger partial charge in [-0.3, -0.25) is 0 Å². The molecule has 0 unspecified atom stereocenters. The van der Waals surface area contributed by atoms with E-state index in [-0.39, 0.29) is 0 Å². The van der Waals surface area contributed by atoms with Crippen molar-refractivity contribution in [1.82, 2.24) is 15.0 Å². The molecule has 0 aliphatic heterocycles. The average Bonchev–Trinajstić information content (AvgIpc) is 2.65. The molecule has 5 heteroatoms. The van der Waals surface area contributed by atoms with Crippen molar-refractivity contribution in [3.8, 4) is 0 Å². The molecule has 0 aliphatic rings. The highest BCUT2D eigenvalue weighted by atomic mass is 15.1. The highest BCUT2D eigenvalue weighted by molar-refractivity contribution is 5.89. The van der Waals surface area contributed by atoms with Crippen LogP contribution < -0.4 is 10.2 Å². The van der Waals surface area contributed by atoms with Crippen molar-refractivity contribution in [2.45, 2.75) is 6.54 Å². The van der Waals surface area contributed by atoms with Crippen LogP contribution in [0.2, 0.25) is 0 Å². The lowest BCUT2D eigenvalue weighted by Gasteiger charge is -2.16. The van der Waals surface area contributed by atoms with Crippen LogP contribution in [0.5, 0.6) is 0 Å². The third-order valence-corrected chi connectivity index (χ3v) is 4.24. The van der Waals surface area contributed by atoms with Crippen LogP contribution in [0.25, 0.3) is 21.8 Å². The Morgan fingerprint density at radius 1 is 0.880 bits per heavy atom. The number of fused-ring (bicyclic) bond motifs is 2. The van der Waals surface area contributed by atoms with Gasteiger partial charge >= 0.3 is 0 Å². The molecule has 124 valence electrons. The fourth-order valence-electron chi connectivity index (χ4n) is 2.93. The molecule has 5 nitrogen and oxygen atoms in total. The van der Waals surface area contributed by atoms with Crippen molar-refractivity contribution in [2.24, 2.45) is 0 Å². The maximum atomic E-state index is 4.71. The molecule has 2 aromatic heterocycles. The van der Waals surface area contributed by atoms with Gasteiger partial charge in [-0.15, -0.1) is 0 Å². The number of para-hydroxylation sites is 2. The molecule has 4 aromatic rings. The van der Waals surface area contributed by atoms with Gasteiger partial charge in [-0.25, -0.2) is 15.0 Å². The monoisotopic (exact) mass is 329 g/mol. The number of nitrogens with zero attached hydrogens (tertiary/aromatic N) is 4. The number of nitrogens with one attached hydrogen (secondary N) is 1. The number of hydrogen-bond donors (Lipinski definition) is 1. The molecule has 0 atom stereocenters. The first-order valence-corrected chi connectivity index (χ1v) is 8.22. The third kappa shape index (κ3) is 2.96. The molecule has 2 heterocycles. The summed E-state index contributed by atoms with van der Waals surface area (Å²) in [4.78, 5) is 15.5. The van der Waals surface area contributed by atoms with E-state index in [4.69, 9.17) is 4.98 Å². The van der Waals surface area contributed by atoms with Gasteiger partial charge in [0.25, 0.3) is 0 Å². The van der Waals surface area contributed by atoms with Gasteiger partial charge in [-0.2, -0.15) is 0 Å². The van der Waals surface area contributed by atoms with Gasteiger partial charge in [0.2, 0.25) is 0 Å². The summed E-state index contributed by atoms with van der Waals surface area (Å²) in [5, 5.41) is 5.64. The predicted octanol–water partition coefficient (Wildman–Crippen LogP) is 3.86. The van der Waals surface area contributed by atoms with Gasteiger partial charge in [0.15, 0.2) is 0 Å². The first-order chi connectivity index (χ1) is 12.2. The number of aromatic nitrogens is 3. The molecule has 0 aliphatic carbocycles. The van der Waals surface area contributed by atoms with Crippen molar-refractivity contribution in [3.05, 3.63) is 66.5 Å². The summed E-state index contributed by atoms with van der Waals surface area (Å²) >= 11 is 0. The molecule has 0 fully saturated rings. The Kier molecular flexibility index (Phi) is 3.90. The summed E-state index contributed by atoms with van der Waals surface area (Å²) < 4.78 is 0. The smallest absolute Gasteiger partial charge is 0.137 e. The second kappa shape index (κ2) is 6.36. The zero-order chi connectivity index (χ0) is 17.2. The zero-order valence-corrected chi connectivity index (χ0v) is 14.3. The largest absolute Gasteiger partial charge is 0.365 e. The molecular formula is C20H19N5. The molecular weight excluding hydrogens is 310 g/mol. The van der Waals surface area contributed by atoms with Gasteiger partial charge in [0.1, 0.15) is 18.0 Å². The fraction of sp³-hybridized carbons (Fsp3) is 0.150. The minimum Gasteiger partial charge on any atom is -0.365 e. The predicted molar refractivity (Wildman–Crippen MR) is 103 cm³/mol. The maximum absolute atomic E-state index is 4.71. The van der Waals surface area contributed by atoms with E-state index < -0.39 is 0 Å². The van der Waals surface area contributed by atoms with Gasteiger partial charge < -0.3 is 10.2 Å². The van der Waals surface area contributed by atoms with E-state index >= 15 is 0 Å². The molecule has 0 spiro atoms. The summed E-state index contributed by atoms with van der Waals surface area (Å²) in [5.74, 6) is 1.79. The number of benzene rings is 2. The maximum Gasteiger partial charge on any atom is 0.137 e. The van der Waals surface area contributed by atoms with E-state index in [1.807, 2.05) is 61.5 Å². The van der Waals surface area contributed by atoms with Gasteiger partial charge in [0.05, 0.1) is 11.0 Å². The molecule has 0 radical (unpaired) electrons. The summed E-state index contributed by atoms with van der Waals surface area (Å²) in [6.45, 7) is 0.672. The SMILES string of the molecule is CN(C)c1cc(CNc2ncnc3ccccc23)c2ccccc2n1. The first kappa shape index (κ1) is 15.3. The van der Waals surface area contributed by atoms with Crippen molar-refractivity contribution < 1.29 is 0 Å². The lowest BCUT2D eigenvalue weighted by atomic mass is 10.1. The zero-order valence-electron chi connectivity index (χ0n) is 14.3. The van der Waals surface area contributed by atoms with Gasteiger partial charge in [-0.05, 0) is 29.8 Å². The van der Waals surface area contributed by atoms with Crippen LogP contribution in [0.3, 0.4) is 0 Å². The minimum absolute atomic E-state index is 0.672. The Balaban J connectivity index is 1.73. The van der Waals surface area contributed by atoms with E-state index in [0.717, 1.165) is 33.4 Å². The molecule has 25 heavy (non-hydrogen) atoms. The Labute approximate surface area is 146 Å². The number of pyridine rings is 1. The molecule has 4 rings (SSSR count). The Morgan fingerprint density at radius 3 is 2.40 bits per heavy atom. The molecule has 1 N–H and O–H groups in total. The van der Waals surface area contributed by atoms with Crippen LogP contribution in [-0.2, 0) is 6.54 Å². The van der Waals surface area contributed by atoms with Gasteiger partial charge in [-0.1, -0.05) is 30.3 Å². The topological polar surface area (TPSA) is 53.9 Å². The summed E-state index contributed by atoms with van der Waals surface area (Å²) in [7, 11) is 4.01. The van der Waals surface area contributed by atoms with Crippen LogP contribution in [0.15, 0.2) is 60.9 Å². The molecule has 0 bridgehead atoms. The van der Waals surface area contributed by atoms with Crippen molar-refractivity contribution in [3.63, 3.8) is 0 Å². The van der Waals surface area contributed by atoms with E-state index in [2.05, 4.69) is 27.4 Å². The second-order valence-electron chi connectivity index (χ2n) is 6.14. The highest BCUT2D eigenvalue weighted by Crippen LogP contribution is 2.24. The minimum atomic E-state index is 0.672. The summed E-state index contributed by atoms with van der Waals surface area (Å²) in [5.41, 5.74) is 3.13. The Bertz CT molecular complexity index is 1040. The van der Waals surface area contributed by atoms with Crippen LogP contribution >= 0.6 is 0 Å². The normalized spacial score (nSPS) is 11.0. The number of rotatable bonds is 4. The fourth-order valence-corrected chi connectivity index (χ4v) is 2.93. The molecule has 2 aromatic carbocycles. The quantitative estimate of drug-likeness (QED) is 0.616. The lowest BCUT2D eigenvalue weighted by molar-refractivity contribution is 1.06. The lowest BCUT2D eigenvalue weighted by Crippen LogP contribution is -2.12. The Hall–Kier alpha value is -3.21. The summed E-state index contributed by atoms with van der Waals surface area (Å²) in [6.07, 6.45) is 1.60. The van der Waals surface area contributed by atoms with Gasteiger partial charge in [0, 0.05) is 31.4 Å². The van der Waals surface area contributed by atoms with Crippen LogP contribution in [0.1, 0.15) is 5.56 Å². The third-order valence-electron chi connectivity index (χ3n) is 4.24. The highest BCUT2D eigenvalue weighted by Gasteiger charge is 2.08. The van der Waals surface area contributed by atoms with Crippen molar-refractivity contribution >= 4 is 33.4 Å². The second-order valence-corrected chi connectivity index (χ2v) is 6.14. The van der Waals surface area contributed by atoms with Crippen molar-refractivity contribution in [2.75, 3.05) is 24.3 Å². The van der Waals surface area contributed by atoms with Crippen LogP contribution in [-0.4, -0.2) is 29.0 Å². The summed E-state index contributed by atoms with van der Waals surface area (Å²) in [6, 6.07) is 18.4. The average molecular weight is 329 g/mol. The first-order valence-electron chi connectivity index (χ1n) is 8.22. The Morgan fingerprint density at radius 2 is 1.60 bits per heavy atom. The molecule has 0 saturated carbocycles. The van der Waals surface area contributed by atoms with E-state index in [1.54, 1.807) is 6.33 Å². The van der Waals surface area contributed by atoms with E-state index in [1.165, 1.54) is 5.56 Å². The molecule has 0 saturated heterocycles. The standard InChI is InChI=1S/C20H19N5/c1-25(2)19-11-14(15-7-3-6-10-18(15)24-19)12-21-20-16-8-4-5-9-17(16)22-13-23-20/h3-11,13H,12H2,1-2H3,(H,21,22,23).